The molecule has 3 rings (SSSR count). The lowest BCUT2D eigenvalue weighted by molar-refractivity contribution is -0.139. The fraction of sp³-hybridized carbons (Fsp3) is 0.333. The van der Waals surface area contributed by atoms with Gasteiger partial charge in [-0.05, 0) is 49.1 Å². The van der Waals surface area contributed by atoms with Crippen LogP contribution >= 0.6 is 27.7 Å². The summed E-state index contributed by atoms with van der Waals surface area (Å²) in [6.07, 6.45) is 1.30. The molecule has 0 aliphatic carbocycles. The number of aryl methyl sites for hydroxylation is 1. The smallest absolute Gasteiger partial charge is 0.243 e. The molecule has 3 aromatic rings. The van der Waals surface area contributed by atoms with Gasteiger partial charge in [-0.25, -0.2) is 0 Å². The first kappa shape index (κ1) is 28.0. The molecule has 6 heteroatoms. The van der Waals surface area contributed by atoms with Gasteiger partial charge < -0.3 is 10.2 Å². The summed E-state index contributed by atoms with van der Waals surface area (Å²) in [6, 6.07) is 25.7. The van der Waals surface area contributed by atoms with Crippen LogP contribution in [-0.2, 0) is 28.3 Å². The van der Waals surface area contributed by atoms with Crippen molar-refractivity contribution in [2.24, 2.45) is 0 Å². The van der Waals surface area contributed by atoms with E-state index in [0.717, 1.165) is 27.8 Å². The zero-order valence-corrected chi connectivity index (χ0v) is 23.6. The molecule has 0 radical (unpaired) electrons. The molecule has 0 unspecified atom stereocenters. The van der Waals surface area contributed by atoms with Gasteiger partial charge in [-0.2, -0.15) is 0 Å². The molecular weight excluding hydrogens is 532 g/mol. The highest BCUT2D eigenvalue weighted by Gasteiger charge is 2.30. The summed E-state index contributed by atoms with van der Waals surface area (Å²) in [5, 5.41) is 3.12. The summed E-state index contributed by atoms with van der Waals surface area (Å²) in [5.41, 5.74) is 4.43. The zero-order valence-electron chi connectivity index (χ0n) is 21.2. The van der Waals surface area contributed by atoms with Crippen molar-refractivity contribution in [2.75, 3.05) is 5.75 Å². The normalized spacial score (nSPS) is 12.6. The average Bonchev–Trinajstić information content (AvgIpc) is 2.88. The number of benzene rings is 3. The molecule has 2 amide bonds. The minimum Gasteiger partial charge on any atom is -0.352 e. The second-order valence-corrected chi connectivity index (χ2v) is 11.1. The second kappa shape index (κ2) is 14.2. The van der Waals surface area contributed by atoms with E-state index in [1.165, 1.54) is 11.1 Å². The van der Waals surface area contributed by atoms with E-state index < -0.39 is 6.04 Å². The zero-order chi connectivity index (χ0) is 25.9. The monoisotopic (exact) mass is 566 g/mol. The topological polar surface area (TPSA) is 49.4 Å². The van der Waals surface area contributed by atoms with E-state index in [-0.39, 0.29) is 17.9 Å². The van der Waals surface area contributed by atoms with E-state index in [0.29, 0.717) is 18.7 Å². The number of hydrogen-bond donors (Lipinski definition) is 1. The Kier molecular flexibility index (Phi) is 11.1. The average molecular weight is 568 g/mol. The number of rotatable bonds is 12. The molecule has 1 N–H and O–H groups in total. The highest BCUT2D eigenvalue weighted by Crippen LogP contribution is 2.20. The molecule has 0 saturated carbocycles. The van der Waals surface area contributed by atoms with Crippen LogP contribution in [0.25, 0.3) is 0 Å². The molecule has 0 aromatic heterocycles. The van der Waals surface area contributed by atoms with Crippen LogP contribution in [0.3, 0.4) is 0 Å². The van der Waals surface area contributed by atoms with Gasteiger partial charge in [-0.15, -0.1) is 11.8 Å². The van der Waals surface area contributed by atoms with Crippen LogP contribution in [0.5, 0.6) is 0 Å². The van der Waals surface area contributed by atoms with E-state index >= 15 is 0 Å². The highest BCUT2D eigenvalue weighted by molar-refractivity contribution is 9.10. The third-order valence-electron chi connectivity index (χ3n) is 6.15. The molecule has 2 atom stereocenters. The number of carbonyl (C=O) groups excluding carboxylic acids is 2. The number of thioether (sulfide) groups is 1. The van der Waals surface area contributed by atoms with Crippen LogP contribution in [0, 0.1) is 6.92 Å². The van der Waals surface area contributed by atoms with Gasteiger partial charge in [-0.3, -0.25) is 9.59 Å². The molecule has 4 nitrogen and oxygen atoms in total. The van der Waals surface area contributed by atoms with Gasteiger partial charge in [0.05, 0.1) is 5.75 Å². The van der Waals surface area contributed by atoms with Crippen molar-refractivity contribution in [3.05, 3.63) is 106 Å². The number of nitrogens with zero attached hydrogens (tertiary/aromatic N) is 1. The van der Waals surface area contributed by atoms with Crippen LogP contribution in [0.1, 0.15) is 42.5 Å². The lowest BCUT2D eigenvalue weighted by Gasteiger charge is -2.32. The van der Waals surface area contributed by atoms with Gasteiger partial charge in [0, 0.05) is 29.2 Å². The van der Waals surface area contributed by atoms with E-state index in [2.05, 4.69) is 52.4 Å². The van der Waals surface area contributed by atoms with Crippen LogP contribution < -0.4 is 5.32 Å². The summed E-state index contributed by atoms with van der Waals surface area (Å²) in [5.74, 6) is 0.921. The standard InChI is InChI=1S/C30H35BrN2O2S/c1-4-23(3)32-30(35)28(18-24-8-6-5-7-9-24)33(19-25-14-16-27(31)17-15-25)29(34)21-36-20-26-12-10-22(2)11-13-26/h5-17,23,28H,4,18-21H2,1-3H3,(H,32,35)/t23-,28-/m0/s1. The fourth-order valence-electron chi connectivity index (χ4n) is 3.80. The van der Waals surface area contributed by atoms with Gasteiger partial charge in [0.2, 0.25) is 11.8 Å². The van der Waals surface area contributed by atoms with Gasteiger partial charge >= 0.3 is 0 Å². The Labute approximate surface area is 228 Å². The first-order chi connectivity index (χ1) is 17.4. The Hall–Kier alpha value is -2.57. The summed E-state index contributed by atoms with van der Waals surface area (Å²) >= 11 is 5.07. The maximum absolute atomic E-state index is 13.7. The highest BCUT2D eigenvalue weighted by atomic mass is 79.9. The SMILES string of the molecule is CC[C@H](C)NC(=O)[C@H](Cc1ccccc1)N(Cc1ccc(Br)cc1)C(=O)CSCc1ccc(C)cc1. The van der Waals surface area contributed by atoms with E-state index in [1.54, 1.807) is 16.7 Å². The van der Waals surface area contributed by atoms with Crippen molar-refractivity contribution in [1.29, 1.82) is 0 Å². The summed E-state index contributed by atoms with van der Waals surface area (Å²) in [6.45, 7) is 6.49. The molecule has 0 heterocycles. The van der Waals surface area contributed by atoms with Crippen molar-refractivity contribution < 1.29 is 9.59 Å². The largest absolute Gasteiger partial charge is 0.352 e. The number of carbonyl (C=O) groups is 2. The Morgan fingerprint density at radius 3 is 2.19 bits per heavy atom. The van der Waals surface area contributed by atoms with Gasteiger partial charge in [0.25, 0.3) is 0 Å². The summed E-state index contributed by atoms with van der Waals surface area (Å²) in [4.78, 5) is 28.9. The molecule has 36 heavy (non-hydrogen) atoms. The van der Waals surface area contributed by atoms with Gasteiger partial charge in [0.15, 0.2) is 0 Å². The predicted molar refractivity (Wildman–Crippen MR) is 154 cm³/mol. The van der Waals surface area contributed by atoms with Crippen LogP contribution in [0.15, 0.2) is 83.3 Å². The minimum atomic E-state index is -0.600. The molecule has 0 bridgehead atoms. The Balaban J connectivity index is 1.84. The van der Waals surface area contributed by atoms with E-state index in [9.17, 15) is 9.59 Å². The van der Waals surface area contributed by atoms with Crippen LogP contribution in [-0.4, -0.2) is 34.6 Å². The van der Waals surface area contributed by atoms with Gasteiger partial charge in [0.1, 0.15) is 6.04 Å². The van der Waals surface area contributed by atoms with Crippen molar-refractivity contribution in [3.63, 3.8) is 0 Å². The maximum Gasteiger partial charge on any atom is 0.243 e. The molecular formula is C30H35BrN2O2S. The number of hydrogen-bond acceptors (Lipinski definition) is 3. The molecule has 0 fully saturated rings. The van der Waals surface area contributed by atoms with E-state index in [1.807, 2.05) is 68.4 Å². The maximum atomic E-state index is 13.7. The number of halogens is 1. The quantitative estimate of drug-likeness (QED) is 0.270. The van der Waals surface area contributed by atoms with E-state index in [4.69, 9.17) is 0 Å². The molecule has 3 aromatic carbocycles. The first-order valence-electron chi connectivity index (χ1n) is 12.4. The number of nitrogens with one attached hydrogen (secondary N) is 1. The number of amides is 2. The third kappa shape index (κ3) is 8.82. The Morgan fingerprint density at radius 1 is 0.917 bits per heavy atom. The lowest BCUT2D eigenvalue weighted by atomic mass is 10.0. The molecule has 0 aliphatic rings. The summed E-state index contributed by atoms with van der Waals surface area (Å²) < 4.78 is 0.980. The van der Waals surface area contributed by atoms with Gasteiger partial charge in [-0.1, -0.05) is 95.1 Å². The second-order valence-electron chi connectivity index (χ2n) is 9.15. The molecule has 0 spiro atoms. The van der Waals surface area contributed by atoms with Crippen LogP contribution in [0.4, 0.5) is 0 Å². The third-order valence-corrected chi connectivity index (χ3v) is 7.67. The van der Waals surface area contributed by atoms with Crippen molar-refractivity contribution in [3.8, 4) is 0 Å². The molecule has 190 valence electrons. The lowest BCUT2D eigenvalue weighted by Crippen LogP contribution is -2.52. The summed E-state index contributed by atoms with van der Waals surface area (Å²) in [7, 11) is 0. The molecule has 0 aliphatic heterocycles. The van der Waals surface area contributed by atoms with Crippen molar-refractivity contribution in [2.45, 2.75) is 58.0 Å². The minimum absolute atomic E-state index is 0.0322. The Morgan fingerprint density at radius 2 is 1.56 bits per heavy atom. The fourth-order valence-corrected chi connectivity index (χ4v) is 4.94. The van der Waals surface area contributed by atoms with Crippen molar-refractivity contribution in [1.82, 2.24) is 10.2 Å². The first-order valence-corrected chi connectivity index (χ1v) is 14.3. The predicted octanol–water partition coefficient (Wildman–Crippen LogP) is 6.55. The van der Waals surface area contributed by atoms with Crippen LogP contribution in [0.2, 0.25) is 0 Å². The Bertz CT molecular complexity index is 1100. The molecule has 0 saturated heterocycles. The van der Waals surface area contributed by atoms with Crippen molar-refractivity contribution >= 4 is 39.5 Å².